The van der Waals surface area contributed by atoms with E-state index in [9.17, 15) is 81.5 Å². The molecular formula is C80H129N7O39. The maximum Gasteiger partial charge on any atom is 0.303 e. The van der Waals surface area contributed by atoms with Crippen molar-refractivity contribution in [2.75, 3.05) is 139 Å². The third-order valence-electron chi connectivity index (χ3n) is 18.2. The molecule has 46 nitrogen and oxygen atoms in total. The van der Waals surface area contributed by atoms with E-state index in [-0.39, 0.29) is 151 Å². The minimum absolute atomic E-state index is 0.00551. The lowest BCUT2D eigenvalue weighted by atomic mass is 9.96. The van der Waals surface area contributed by atoms with Crippen LogP contribution in [0.25, 0.3) is 0 Å². The van der Waals surface area contributed by atoms with Crippen molar-refractivity contribution < 1.29 is 186 Å². The number of hydrogen-bond acceptors (Lipinski definition) is 38. The molecule has 8 N–H and O–H groups in total. The average Bonchev–Trinajstić information content (AvgIpc) is 0.795. The minimum atomic E-state index is -1.53. The van der Waals surface area contributed by atoms with Crippen LogP contribution in [0.1, 0.15) is 173 Å². The molecule has 0 bridgehead atoms. The van der Waals surface area contributed by atoms with Gasteiger partial charge in [0.05, 0.1) is 99.1 Å². The maximum absolute atomic E-state index is 14.1. The Morgan fingerprint density at radius 3 is 0.802 bits per heavy atom. The van der Waals surface area contributed by atoms with Crippen molar-refractivity contribution in [3.63, 3.8) is 0 Å². The highest BCUT2D eigenvalue weighted by molar-refractivity contribution is 5.79. The number of carboxylic acid groups (broad SMARTS) is 1. The number of hydrogen-bond donors (Lipinski definition) is 8. The molecule has 46 heteroatoms. The summed E-state index contributed by atoms with van der Waals surface area (Å²) < 4.78 is 119. The predicted molar refractivity (Wildman–Crippen MR) is 427 cm³/mol. The molecule has 0 aliphatic carbocycles. The van der Waals surface area contributed by atoms with Crippen LogP contribution in [0.4, 0.5) is 0 Å². The number of nitrogens with one attached hydrogen (secondary N) is 7. The zero-order valence-corrected chi connectivity index (χ0v) is 73.9. The Balaban J connectivity index is 1.76. The Bertz CT molecular complexity index is 3130. The van der Waals surface area contributed by atoms with Crippen molar-refractivity contribution in [1.82, 2.24) is 37.2 Å². The van der Waals surface area contributed by atoms with Crippen molar-refractivity contribution in [3.05, 3.63) is 0 Å². The second-order valence-electron chi connectivity index (χ2n) is 29.5. The summed E-state index contributed by atoms with van der Waals surface area (Å²) in [5.41, 5.74) is -1.53. The van der Waals surface area contributed by atoms with Gasteiger partial charge in [-0.2, -0.15) is 0 Å². The summed E-state index contributed by atoms with van der Waals surface area (Å²) in [6.07, 6.45) is -9.19. The Morgan fingerprint density at radius 2 is 0.548 bits per heavy atom. The molecule has 0 aromatic carbocycles. The van der Waals surface area contributed by atoms with Crippen molar-refractivity contribution in [3.8, 4) is 0 Å². The van der Waals surface area contributed by atoms with Gasteiger partial charge in [-0.25, -0.2) is 0 Å². The first kappa shape index (κ1) is 111. The number of esters is 9. The molecule has 6 unspecified atom stereocenters. The predicted octanol–water partition coefficient (Wildman–Crippen LogP) is -1.15. The summed E-state index contributed by atoms with van der Waals surface area (Å²) in [7, 11) is 0. The molecule has 0 aromatic rings. The Kier molecular flexibility index (Phi) is 55.0. The van der Waals surface area contributed by atoms with Crippen LogP contribution in [0.15, 0.2) is 0 Å². The second kappa shape index (κ2) is 62.6. The van der Waals surface area contributed by atoms with Gasteiger partial charge in [0.25, 0.3) is 0 Å². The van der Waals surface area contributed by atoms with E-state index in [1.165, 1.54) is 20.8 Å². The molecule has 3 aliphatic rings. The van der Waals surface area contributed by atoms with Gasteiger partial charge in [-0.05, 0) is 12.8 Å². The van der Waals surface area contributed by atoms with Crippen LogP contribution in [0.5, 0.6) is 0 Å². The Morgan fingerprint density at radius 1 is 0.286 bits per heavy atom. The van der Waals surface area contributed by atoms with Crippen LogP contribution in [-0.4, -0.2) is 342 Å². The highest BCUT2D eigenvalue weighted by atomic mass is 16.7. The third-order valence-corrected chi connectivity index (χ3v) is 18.2. The number of rotatable bonds is 64. The van der Waals surface area contributed by atoms with Gasteiger partial charge < -0.3 is 142 Å². The van der Waals surface area contributed by atoms with Gasteiger partial charge in [-0.15, -0.1) is 0 Å². The van der Waals surface area contributed by atoms with E-state index in [2.05, 4.69) is 37.2 Å². The monoisotopic (exact) mass is 1810 g/mol. The summed E-state index contributed by atoms with van der Waals surface area (Å²) >= 11 is 0. The fourth-order valence-electron chi connectivity index (χ4n) is 13.0. The number of ether oxygens (including phenoxy) is 21. The first-order valence-corrected chi connectivity index (χ1v) is 41.7. The number of aliphatic carboxylic acids is 1. The molecule has 3 aliphatic heterocycles. The number of carbonyl (C=O) groups is 17. The molecule has 0 spiro atoms. The van der Waals surface area contributed by atoms with Gasteiger partial charge in [0.1, 0.15) is 61.8 Å². The molecule has 3 saturated heterocycles. The van der Waals surface area contributed by atoms with E-state index in [0.717, 1.165) is 101 Å². The molecule has 3 heterocycles. The maximum atomic E-state index is 14.1. The molecule has 3 fully saturated rings. The van der Waals surface area contributed by atoms with Crippen LogP contribution < -0.4 is 37.2 Å². The van der Waals surface area contributed by atoms with Crippen LogP contribution >= 0.6 is 0 Å². The summed E-state index contributed by atoms with van der Waals surface area (Å²) in [4.78, 5) is 211. The van der Waals surface area contributed by atoms with Crippen LogP contribution in [0.2, 0.25) is 0 Å². The van der Waals surface area contributed by atoms with Gasteiger partial charge in [0.15, 0.2) is 55.5 Å². The third kappa shape index (κ3) is 48.4. The molecular weight excluding hydrogens is 1680 g/mol. The molecule has 15 atom stereocenters. The summed E-state index contributed by atoms with van der Waals surface area (Å²) in [6.45, 7) is 9.59. The largest absolute Gasteiger partial charge is 0.481 e. The normalized spacial score (nSPS) is 22.4. The fraction of sp³-hybridized carbons (Fsp3) is 0.787. The molecule has 0 aromatic heterocycles. The topological polar surface area (TPSA) is 588 Å². The van der Waals surface area contributed by atoms with E-state index in [4.69, 9.17) is 105 Å². The lowest BCUT2D eigenvalue weighted by molar-refractivity contribution is -0.279. The summed E-state index contributed by atoms with van der Waals surface area (Å²) in [5, 5.41) is 27.9. The van der Waals surface area contributed by atoms with Crippen LogP contribution in [-0.2, 0) is 181 Å². The van der Waals surface area contributed by atoms with E-state index < -0.39 is 218 Å². The highest BCUT2D eigenvalue weighted by Crippen LogP contribution is 2.32. The lowest BCUT2D eigenvalue weighted by Gasteiger charge is -2.44. The molecule has 3 rings (SSSR count). The molecule has 0 radical (unpaired) electrons. The standard InChI is InChI=1S/C80H129N7O39/c1-48(88)84-68-74(121-57(10)97)71(118-54(7)94)60(42-115-51(4)91)124-77(68)112-39-36-106-33-27-81-63(100)24-30-109-45-80(87-66(103)22-20-18-16-14-13-15-17-19-21-23-67(104)105,46-110-31-25-64(101)82-28-34-107-37-40-113-78-69(85-49(2)89)75(122-58(11)98)72(119-55(8)95)61(125-78)43-116-52(5)92)47-111-32-26-65(102)83-29-35-108-38-41-114-79-70(86-50(3)90)76(123-59(12)99)73(120-56(9)96)62(126-79)44-117-53(6)93/h60-62,68-79H,13-47H2,1-12H3,(H,81,100)(H,82,101)(H,83,102)(H,84,88)(H,85,89)(H,86,90)(H,87,103)(H,104,105)/t60?,61?,62?,68?,69?,70?,71-,72-,73-,74+,75+,76+,77+,78+,79+,80?/m0/s1. The summed E-state index contributed by atoms with van der Waals surface area (Å²) in [5.74, 6) is -11.3. The van der Waals surface area contributed by atoms with E-state index in [1.807, 2.05) is 0 Å². The van der Waals surface area contributed by atoms with Gasteiger partial charge >= 0.3 is 59.7 Å². The van der Waals surface area contributed by atoms with Crippen molar-refractivity contribution in [2.45, 2.75) is 270 Å². The minimum Gasteiger partial charge on any atom is -0.481 e. The Hall–Kier alpha value is -9.49. The first-order valence-electron chi connectivity index (χ1n) is 41.7. The molecule has 126 heavy (non-hydrogen) atoms. The molecule has 0 saturated carbocycles. The Labute approximate surface area is 730 Å². The van der Waals surface area contributed by atoms with Gasteiger partial charge in [-0.1, -0.05) is 44.9 Å². The first-order chi connectivity index (χ1) is 59.9. The lowest BCUT2D eigenvalue weighted by Crippen LogP contribution is -2.66. The van der Waals surface area contributed by atoms with Crippen LogP contribution in [0.3, 0.4) is 0 Å². The number of unbranched alkanes of at least 4 members (excludes halogenated alkanes) is 8. The zero-order valence-electron chi connectivity index (χ0n) is 73.9. The fourth-order valence-corrected chi connectivity index (χ4v) is 13.0. The number of carboxylic acids is 1. The molecule has 7 amide bonds. The zero-order chi connectivity index (χ0) is 93.5. The number of carbonyl (C=O) groups excluding carboxylic acids is 16. The molecule has 718 valence electrons. The van der Waals surface area contributed by atoms with E-state index in [0.29, 0.717) is 19.3 Å². The van der Waals surface area contributed by atoms with E-state index in [1.54, 1.807) is 0 Å². The van der Waals surface area contributed by atoms with Gasteiger partial charge in [-0.3, -0.25) is 81.5 Å². The van der Waals surface area contributed by atoms with E-state index >= 15 is 0 Å². The van der Waals surface area contributed by atoms with Crippen molar-refractivity contribution >= 4 is 101 Å². The average molecular weight is 1810 g/mol. The quantitative estimate of drug-likeness (QED) is 0.0203. The van der Waals surface area contributed by atoms with Gasteiger partial charge in [0.2, 0.25) is 41.4 Å². The van der Waals surface area contributed by atoms with Crippen molar-refractivity contribution in [2.24, 2.45) is 0 Å². The summed E-state index contributed by atoms with van der Waals surface area (Å²) in [6, 6.07) is -3.67. The van der Waals surface area contributed by atoms with Crippen molar-refractivity contribution in [1.29, 1.82) is 0 Å². The van der Waals surface area contributed by atoms with Crippen LogP contribution in [0, 0.1) is 0 Å². The SMILES string of the molecule is CC(=O)NC1[C@H](OCCOCCNC(=O)CCOCC(COCCC(=O)NCCOCCO[C@@H]2OC(COC(C)=O)[C@H](OC(C)=O)[C@H](OC(C)=O)C2NC(C)=O)(COCCC(=O)NCCOCCO[C@@H]2OC(COC(C)=O)[C@H](OC(C)=O)[C@H](OC(C)=O)C2NC(C)=O)NC(=O)CCCCCCCCCCCC(=O)O)OC(COC(C)=O)[C@H](OC(C)=O)[C@@H]1OC(C)=O. The highest BCUT2D eigenvalue weighted by Gasteiger charge is 2.55. The second-order valence-corrected chi connectivity index (χ2v) is 29.5. The number of amides is 7. The van der Waals surface area contributed by atoms with Gasteiger partial charge in [0, 0.05) is 135 Å². The smallest absolute Gasteiger partial charge is 0.303 e.